The van der Waals surface area contributed by atoms with E-state index in [4.69, 9.17) is 21.1 Å². The van der Waals surface area contributed by atoms with E-state index in [1.165, 1.54) is 23.7 Å². The number of anilines is 1. The van der Waals surface area contributed by atoms with Crippen molar-refractivity contribution in [1.29, 1.82) is 0 Å². The zero-order valence-electron chi connectivity index (χ0n) is 20.6. The Hall–Kier alpha value is -3.93. The molecule has 0 aliphatic carbocycles. The Kier molecular flexibility index (Phi) is 9.83. The summed E-state index contributed by atoms with van der Waals surface area (Å²) in [5.74, 6) is -0.183. The maximum absolute atomic E-state index is 13.1. The number of benzene rings is 2. The van der Waals surface area contributed by atoms with E-state index < -0.39 is 23.4 Å². The van der Waals surface area contributed by atoms with Crippen molar-refractivity contribution in [2.75, 3.05) is 18.5 Å². The highest BCUT2D eigenvalue weighted by atomic mass is 35.5. The van der Waals surface area contributed by atoms with E-state index in [0.29, 0.717) is 11.4 Å². The number of ether oxygens (including phenoxy) is 3. The maximum atomic E-state index is 13.1. The predicted octanol–water partition coefficient (Wildman–Crippen LogP) is 4.88. The van der Waals surface area contributed by atoms with Gasteiger partial charge >= 0.3 is 12.1 Å². The molecule has 1 heterocycles. The van der Waals surface area contributed by atoms with Gasteiger partial charge in [-0.25, -0.2) is 9.79 Å². The summed E-state index contributed by atoms with van der Waals surface area (Å²) >= 11 is 5.93. The average molecular weight is 555 g/mol. The molecule has 0 aliphatic heterocycles. The minimum Gasteiger partial charge on any atom is -0.490 e. The molecule has 1 N–H and O–H groups in total. The van der Waals surface area contributed by atoms with Gasteiger partial charge in [0.15, 0.2) is 12.2 Å². The molecule has 3 aromatic rings. The van der Waals surface area contributed by atoms with Crippen LogP contribution in [0.4, 0.5) is 24.7 Å². The van der Waals surface area contributed by atoms with Crippen molar-refractivity contribution in [2.45, 2.75) is 32.8 Å². The SMILES string of the molecule is CCCn1c(=O)c(NCc2ccc(Cl)cc2)c(N=COCCOc2cccc(OC(F)(F)F)c2)n(C)c1=O. The lowest BCUT2D eigenvalue weighted by molar-refractivity contribution is -0.274. The molecule has 1 aromatic heterocycles. The molecule has 2 aromatic carbocycles. The van der Waals surface area contributed by atoms with Crippen LogP contribution in [-0.2, 0) is 24.9 Å². The summed E-state index contributed by atoms with van der Waals surface area (Å²) in [6, 6.07) is 12.1. The van der Waals surface area contributed by atoms with Gasteiger partial charge in [0.25, 0.3) is 5.56 Å². The maximum Gasteiger partial charge on any atom is 0.573 e. The number of aliphatic imine (C=N–C) groups is 1. The largest absolute Gasteiger partial charge is 0.573 e. The number of rotatable bonds is 12. The highest BCUT2D eigenvalue weighted by Crippen LogP contribution is 2.26. The molecule has 0 saturated carbocycles. The Morgan fingerprint density at radius 3 is 2.47 bits per heavy atom. The fourth-order valence-corrected chi connectivity index (χ4v) is 3.51. The lowest BCUT2D eigenvalue weighted by Gasteiger charge is -2.15. The summed E-state index contributed by atoms with van der Waals surface area (Å²) in [4.78, 5) is 30.0. The Labute approximate surface area is 221 Å². The number of nitrogens with zero attached hydrogens (tertiary/aromatic N) is 3. The zero-order chi connectivity index (χ0) is 27.7. The van der Waals surface area contributed by atoms with E-state index in [0.717, 1.165) is 28.7 Å². The van der Waals surface area contributed by atoms with E-state index in [-0.39, 0.29) is 43.6 Å². The molecule has 0 aliphatic rings. The van der Waals surface area contributed by atoms with Gasteiger partial charge in [-0.15, -0.1) is 13.2 Å². The van der Waals surface area contributed by atoms with Crippen molar-refractivity contribution in [2.24, 2.45) is 12.0 Å². The molecule has 0 spiro atoms. The van der Waals surface area contributed by atoms with Crippen LogP contribution in [0, 0.1) is 0 Å². The fraction of sp³-hybridized carbons (Fsp3) is 0.320. The summed E-state index contributed by atoms with van der Waals surface area (Å²) in [6.07, 6.45) is -3.15. The van der Waals surface area contributed by atoms with Crippen LogP contribution in [0.3, 0.4) is 0 Å². The van der Waals surface area contributed by atoms with Crippen LogP contribution >= 0.6 is 11.6 Å². The summed E-state index contributed by atoms with van der Waals surface area (Å²) in [6.45, 7) is 2.36. The second-order valence-electron chi connectivity index (χ2n) is 7.95. The van der Waals surface area contributed by atoms with Gasteiger partial charge in [-0.3, -0.25) is 13.9 Å². The van der Waals surface area contributed by atoms with Crippen LogP contribution in [0.1, 0.15) is 18.9 Å². The molecule has 0 unspecified atom stereocenters. The number of halogens is 4. The van der Waals surface area contributed by atoms with Gasteiger partial charge in [-0.05, 0) is 36.2 Å². The Morgan fingerprint density at radius 1 is 1.08 bits per heavy atom. The summed E-state index contributed by atoms with van der Waals surface area (Å²) in [5.41, 5.74) is -0.0588. The van der Waals surface area contributed by atoms with Gasteiger partial charge in [-0.1, -0.05) is 36.7 Å². The molecule has 204 valence electrons. The van der Waals surface area contributed by atoms with Crippen molar-refractivity contribution in [3.63, 3.8) is 0 Å². The number of hydrogen-bond donors (Lipinski definition) is 1. The highest BCUT2D eigenvalue weighted by molar-refractivity contribution is 6.30. The van der Waals surface area contributed by atoms with Crippen molar-refractivity contribution < 1.29 is 27.4 Å². The molecule has 3 rings (SSSR count). The molecule has 13 heteroatoms. The van der Waals surface area contributed by atoms with Crippen LogP contribution in [0.2, 0.25) is 5.02 Å². The zero-order valence-corrected chi connectivity index (χ0v) is 21.4. The topological polar surface area (TPSA) is 96.1 Å². The lowest BCUT2D eigenvalue weighted by atomic mass is 10.2. The minimum absolute atomic E-state index is 0.0117. The highest BCUT2D eigenvalue weighted by Gasteiger charge is 2.31. The third-order valence-corrected chi connectivity index (χ3v) is 5.36. The smallest absolute Gasteiger partial charge is 0.490 e. The molecular weight excluding hydrogens is 529 g/mol. The third kappa shape index (κ3) is 8.04. The molecule has 0 amide bonds. The second kappa shape index (κ2) is 13.0. The monoisotopic (exact) mass is 554 g/mol. The molecule has 0 radical (unpaired) electrons. The van der Waals surface area contributed by atoms with Crippen LogP contribution in [0.25, 0.3) is 0 Å². The van der Waals surface area contributed by atoms with Gasteiger partial charge < -0.3 is 19.5 Å². The van der Waals surface area contributed by atoms with Crippen molar-refractivity contribution >= 4 is 29.5 Å². The fourth-order valence-electron chi connectivity index (χ4n) is 3.38. The molecule has 9 nitrogen and oxygen atoms in total. The second-order valence-corrected chi connectivity index (χ2v) is 8.39. The first kappa shape index (κ1) is 28.6. The van der Waals surface area contributed by atoms with E-state index in [9.17, 15) is 22.8 Å². The van der Waals surface area contributed by atoms with Crippen LogP contribution in [-0.4, -0.2) is 35.1 Å². The Bertz CT molecular complexity index is 1370. The quantitative estimate of drug-likeness (QED) is 0.195. The Balaban J connectivity index is 1.69. The van der Waals surface area contributed by atoms with E-state index in [1.807, 2.05) is 6.92 Å². The molecular formula is C25H26ClF3N4O5. The standard InChI is InChI=1S/C25H26ClF3N4O5/c1-3-11-33-23(34)21(30-15-17-7-9-18(26)10-8-17)22(32(2)24(33)35)31-16-36-12-13-37-19-5-4-6-20(14-19)38-25(27,28)29/h4-10,14,16,30H,3,11-13,15H2,1-2H3. The van der Waals surface area contributed by atoms with Gasteiger partial charge in [0, 0.05) is 31.2 Å². The summed E-state index contributed by atoms with van der Waals surface area (Å²) in [5, 5.41) is 3.64. The van der Waals surface area contributed by atoms with E-state index in [1.54, 1.807) is 24.3 Å². The van der Waals surface area contributed by atoms with Gasteiger partial charge in [0.2, 0.25) is 0 Å². The first-order chi connectivity index (χ1) is 18.1. The summed E-state index contributed by atoms with van der Waals surface area (Å²) < 4.78 is 54.0. The molecule has 38 heavy (non-hydrogen) atoms. The van der Waals surface area contributed by atoms with Crippen molar-refractivity contribution in [1.82, 2.24) is 9.13 Å². The molecule has 0 atom stereocenters. The number of alkyl halides is 3. The molecule has 0 fully saturated rings. The van der Waals surface area contributed by atoms with Gasteiger partial charge in [-0.2, -0.15) is 0 Å². The average Bonchev–Trinajstić information content (AvgIpc) is 2.86. The van der Waals surface area contributed by atoms with Gasteiger partial charge in [0.05, 0.1) is 0 Å². The van der Waals surface area contributed by atoms with Crippen LogP contribution in [0.15, 0.2) is 63.1 Å². The first-order valence-electron chi connectivity index (χ1n) is 11.5. The first-order valence-corrected chi connectivity index (χ1v) is 11.9. The normalized spacial score (nSPS) is 11.5. The molecule has 0 saturated heterocycles. The van der Waals surface area contributed by atoms with E-state index in [2.05, 4.69) is 15.0 Å². The molecule has 0 bridgehead atoms. The van der Waals surface area contributed by atoms with Crippen LogP contribution in [0.5, 0.6) is 11.5 Å². The van der Waals surface area contributed by atoms with Crippen molar-refractivity contribution in [3.05, 3.63) is 80.0 Å². The van der Waals surface area contributed by atoms with Crippen molar-refractivity contribution in [3.8, 4) is 11.5 Å². The van der Waals surface area contributed by atoms with Gasteiger partial charge in [0.1, 0.15) is 30.4 Å². The van der Waals surface area contributed by atoms with E-state index >= 15 is 0 Å². The minimum atomic E-state index is -4.81. The number of nitrogens with one attached hydrogen (secondary N) is 1. The number of aromatic nitrogens is 2. The Morgan fingerprint density at radius 2 is 1.79 bits per heavy atom. The van der Waals surface area contributed by atoms with Crippen LogP contribution < -0.4 is 26.0 Å². The summed E-state index contributed by atoms with van der Waals surface area (Å²) in [7, 11) is 1.49. The lowest BCUT2D eigenvalue weighted by Crippen LogP contribution is -2.40. The number of hydrogen-bond acceptors (Lipinski definition) is 7. The third-order valence-electron chi connectivity index (χ3n) is 5.11. The predicted molar refractivity (Wildman–Crippen MR) is 138 cm³/mol.